The van der Waals surface area contributed by atoms with Crippen molar-refractivity contribution in [2.24, 2.45) is 5.10 Å². The van der Waals surface area contributed by atoms with Gasteiger partial charge in [-0.05, 0) is 48.2 Å². The first kappa shape index (κ1) is 20.9. The molecule has 0 unspecified atom stereocenters. The lowest BCUT2D eigenvalue weighted by molar-refractivity contribution is -0.384. The molecule has 0 bridgehead atoms. The van der Waals surface area contributed by atoms with E-state index in [9.17, 15) is 19.7 Å². The SMILES string of the molecule is O=C(N/N=C/c1c(Sc2ccccn2)nc2ccccn2c1=O)c1ccc([N+](=O)[O-])cc1. The van der Waals surface area contributed by atoms with Crippen molar-refractivity contribution >= 4 is 35.2 Å². The standard InChI is InChI=1S/C21H14N6O4S/c28-19(14-7-9-15(10-8-14)27(30)31)25-23-13-16-20(32-18-6-1-3-11-22-18)24-17-5-2-4-12-26(17)21(16)29/h1-13H,(H,25,28)/b23-13+. The molecule has 0 spiro atoms. The van der Waals surface area contributed by atoms with E-state index < -0.39 is 10.8 Å². The molecule has 0 radical (unpaired) electrons. The predicted octanol–water partition coefficient (Wildman–Crippen LogP) is 2.91. The Bertz CT molecular complexity index is 1390. The number of hydrogen-bond donors (Lipinski definition) is 1. The van der Waals surface area contributed by atoms with Crippen LogP contribution in [0.4, 0.5) is 5.69 Å². The molecule has 11 heteroatoms. The van der Waals surface area contributed by atoms with Crippen LogP contribution in [0.25, 0.3) is 5.65 Å². The summed E-state index contributed by atoms with van der Waals surface area (Å²) in [6.07, 6.45) is 4.45. The normalized spacial score (nSPS) is 11.0. The predicted molar refractivity (Wildman–Crippen MR) is 118 cm³/mol. The molecule has 1 aromatic carbocycles. The number of rotatable bonds is 6. The number of pyridine rings is 2. The van der Waals surface area contributed by atoms with Crippen molar-refractivity contribution in [3.8, 4) is 0 Å². The number of nitro benzene ring substituents is 1. The lowest BCUT2D eigenvalue weighted by atomic mass is 10.2. The number of nitrogens with one attached hydrogen (secondary N) is 1. The van der Waals surface area contributed by atoms with Gasteiger partial charge in [0.25, 0.3) is 17.2 Å². The van der Waals surface area contributed by atoms with Crippen molar-refractivity contribution in [2.75, 3.05) is 0 Å². The van der Waals surface area contributed by atoms with E-state index in [-0.39, 0.29) is 22.4 Å². The molecule has 0 aliphatic heterocycles. The number of amides is 1. The summed E-state index contributed by atoms with van der Waals surface area (Å²) >= 11 is 1.20. The first-order valence-corrected chi connectivity index (χ1v) is 10.0. The van der Waals surface area contributed by atoms with Crippen LogP contribution in [0.2, 0.25) is 0 Å². The van der Waals surface area contributed by atoms with Crippen molar-refractivity contribution in [1.82, 2.24) is 19.8 Å². The number of non-ortho nitro benzene ring substituents is 1. The zero-order chi connectivity index (χ0) is 22.5. The average Bonchev–Trinajstić information content (AvgIpc) is 2.81. The second-order valence-corrected chi connectivity index (χ2v) is 7.35. The molecule has 0 saturated carbocycles. The number of benzene rings is 1. The Morgan fingerprint density at radius 1 is 1.12 bits per heavy atom. The lowest BCUT2D eigenvalue weighted by Crippen LogP contribution is -2.23. The van der Waals surface area contributed by atoms with Crippen molar-refractivity contribution in [3.63, 3.8) is 0 Å². The molecule has 10 nitrogen and oxygen atoms in total. The van der Waals surface area contributed by atoms with Gasteiger partial charge in [0.05, 0.1) is 16.7 Å². The van der Waals surface area contributed by atoms with Gasteiger partial charge in [-0.25, -0.2) is 15.4 Å². The van der Waals surface area contributed by atoms with Gasteiger partial charge in [-0.15, -0.1) is 0 Å². The summed E-state index contributed by atoms with van der Waals surface area (Å²) < 4.78 is 1.38. The van der Waals surface area contributed by atoms with Gasteiger partial charge in [-0.3, -0.25) is 24.1 Å². The summed E-state index contributed by atoms with van der Waals surface area (Å²) in [5.74, 6) is -0.580. The molecule has 0 atom stereocenters. The number of nitrogens with zero attached hydrogens (tertiary/aromatic N) is 5. The van der Waals surface area contributed by atoms with E-state index in [1.807, 2.05) is 6.07 Å². The van der Waals surface area contributed by atoms with Crippen molar-refractivity contribution in [3.05, 3.63) is 105 Å². The number of hydrazone groups is 1. The van der Waals surface area contributed by atoms with Crippen molar-refractivity contribution in [2.45, 2.75) is 10.1 Å². The molecule has 158 valence electrons. The molecule has 3 aromatic heterocycles. The van der Waals surface area contributed by atoms with Crippen LogP contribution in [-0.2, 0) is 0 Å². The smallest absolute Gasteiger partial charge is 0.268 e. The number of carbonyl (C=O) groups excluding carboxylic acids is 1. The number of nitro groups is 1. The van der Waals surface area contributed by atoms with Gasteiger partial charge >= 0.3 is 0 Å². The Balaban J connectivity index is 1.63. The van der Waals surface area contributed by atoms with Gasteiger partial charge < -0.3 is 0 Å². The fourth-order valence-electron chi connectivity index (χ4n) is 2.73. The molecule has 4 rings (SSSR count). The van der Waals surface area contributed by atoms with Crippen LogP contribution in [0.1, 0.15) is 15.9 Å². The highest BCUT2D eigenvalue weighted by Crippen LogP contribution is 2.25. The van der Waals surface area contributed by atoms with Crippen LogP contribution >= 0.6 is 11.8 Å². The van der Waals surface area contributed by atoms with Crippen LogP contribution in [0.5, 0.6) is 0 Å². The molecule has 1 N–H and O–H groups in total. The molecule has 4 aromatic rings. The minimum absolute atomic E-state index is 0.128. The molecular formula is C21H14N6O4S. The first-order chi connectivity index (χ1) is 15.5. The second-order valence-electron chi connectivity index (χ2n) is 6.34. The highest BCUT2D eigenvalue weighted by molar-refractivity contribution is 7.99. The number of aromatic nitrogens is 3. The van der Waals surface area contributed by atoms with Crippen LogP contribution in [-0.4, -0.2) is 31.4 Å². The largest absolute Gasteiger partial charge is 0.271 e. The quantitative estimate of drug-likeness (QED) is 0.208. The molecule has 1 amide bonds. The first-order valence-electron chi connectivity index (χ1n) is 9.21. The Kier molecular flexibility index (Phi) is 5.99. The molecule has 0 aliphatic carbocycles. The molecule has 0 aliphatic rings. The highest BCUT2D eigenvalue weighted by atomic mass is 32.2. The average molecular weight is 446 g/mol. The van der Waals surface area contributed by atoms with Crippen molar-refractivity contribution in [1.29, 1.82) is 0 Å². The molecule has 32 heavy (non-hydrogen) atoms. The summed E-state index contributed by atoms with van der Waals surface area (Å²) in [5.41, 5.74) is 2.66. The van der Waals surface area contributed by atoms with Crippen LogP contribution in [0.15, 0.2) is 93.0 Å². The molecule has 0 saturated heterocycles. The molecule has 0 fully saturated rings. The van der Waals surface area contributed by atoms with Gasteiger partial charge in [0, 0.05) is 30.1 Å². The molecule has 3 heterocycles. The third-order valence-corrected chi connectivity index (χ3v) is 5.23. The summed E-state index contributed by atoms with van der Waals surface area (Å²) in [4.78, 5) is 44.2. The zero-order valence-electron chi connectivity index (χ0n) is 16.3. The zero-order valence-corrected chi connectivity index (χ0v) is 17.1. The number of hydrogen-bond acceptors (Lipinski definition) is 8. The minimum Gasteiger partial charge on any atom is -0.268 e. The third kappa shape index (κ3) is 4.52. The van der Waals surface area contributed by atoms with Gasteiger partial charge in [0.15, 0.2) is 0 Å². The number of fused-ring (bicyclic) bond motifs is 1. The van der Waals surface area contributed by atoms with E-state index in [2.05, 4.69) is 20.5 Å². The van der Waals surface area contributed by atoms with Gasteiger partial charge in [-0.2, -0.15) is 5.10 Å². The van der Waals surface area contributed by atoms with Gasteiger partial charge in [0.1, 0.15) is 15.7 Å². The Labute approximate surface area is 184 Å². The van der Waals surface area contributed by atoms with Crippen LogP contribution in [0.3, 0.4) is 0 Å². The summed E-state index contributed by atoms with van der Waals surface area (Å²) in [7, 11) is 0. The Morgan fingerprint density at radius 2 is 1.91 bits per heavy atom. The van der Waals surface area contributed by atoms with E-state index in [4.69, 9.17) is 0 Å². The van der Waals surface area contributed by atoms with Crippen molar-refractivity contribution < 1.29 is 9.72 Å². The van der Waals surface area contributed by atoms with E-state index in [1.165, 1.54) is 46.6 Å². The Hall–Kier alpha value is -4.38. The monoisotopic (exact) mass is 446 g/mol. The van der Waals surface area contributed by atoms with Crippen LogP contribution < -0.4 is 11.0 Å². The maximum Gasteiger partial charge on any atom is 0.271 e. The number of carbonyl (C=O) groups is 1. The second kappa shape index (κ2) is 9.18. The minimum atomic E-state index is -0.580. The fraction of sp³-hybridized carbons (Fsp3) is 0. The van der Waals surface area contributed by atoms with E-state index >= 15 is 0 Å². The van der Waals surface area contributed by atoms with Gasteiger partial charge in [-0.1, -0.05) is 12.1 Å². The van der Waals surface area contributed by atoms with Gasteiger partial charge in [0.2, 0.25) is 0 Å². The van der Waals surface area contributed by atoms with E-state index in [0.717, 1.165) is 0 Å². The fourth-order valence-corrected chi connectivity index (χ4v) is 3.58. The third-order valence-electron chi connectivity index (χ3n) is 4.27. The highest BCUT2D eigenvalue weighted by Gasteiger charge is 2.14. The summed E-state index contributed by atoms with van der Waals surface area (Å²) in [6, 6.07) is 15.7. The summed E-state index contributed by atoms with van der Waals surface area (Å²) in [5, 5.41) is 15.7. The molecular weight excluding hydrogens is 432 g/mol. The Morgan fingerprint density at radius 3 is 2.62 bits per heavy atom. The van der Waals surface area contributed by atoms with E-state index in [0.29, 0.717) is 15.7 Å². The van der Waals surface area contributed by atoms with E-state index in [1.54, 1.807) is 42.7 Å². The lowest BCUT2D eigenvalue weighted by Gasteiger charge is -2.07. The maximum absolute atomic E-state index is 13.0. The summed E-state index contributed by atoms with van der Waals surface area (Å²) in [6.45, 7) is 0. The topological polar surface area (TPSA) is 132 Å². The van der Waals surface area contributed by atoms with Crippen LogP contribution in [0, 0.1) is 10.1 Å². The maximum atomic E-state index is 13.0.